The fraction of sp³-hybridized carbons (Fsp3) is 0.189. The summed E-state index contributed by atoms with van der Waals surface area (Å²) in [6.45, 7) is 11.8. The van der Waals surface area contributed by atoms with E-state index in [0.29, 0.717) is 0 Å². The topological polar surface area (TPSA) is 19.0 Å². The SMILES string of the molecule is CCCCOc1ccc2sc3cc(N(c4ccc(C)cc4)c4ccc(-c5ccc(N(c6ccc(N(c7ccc(C)cc7)c7ccc(CCCC)cc7)cc6)c6ccc7c(c6)sc6cc(CCCC)ccc67)cc5)cc4)ccc3c2c1. The average molecular weight is 1080 g/mol. The zero-order valence-electron chi connectivity index (χ0n) is 46.7. The average Bonchev–Trinajstić information content (AvgIpc) is 4.06. The lowest BCUT2D eigenvalue weighted by Gasteiger charge is -2.28. The van der Waals surface area contributed by atoms with Crippen LogP contribution >= 0.6 is 22.7 Å². The lowest BCUT2D eigenvalue weighted by atomic mass is 10.0. The Kier molecular flexibility index (Phi) is 15.5. The van der Waals surface area contributed by atoms with Crippen LogP contribution in [0.4, 0.5) is 51.2 Å². The molecule has 2 aromatic heterocycles. The van der Waals surface area contributed by atoms with E-state index in [4.69, 9.17) is 4.74 Å². The fourth-order valence-electron chi connectivity index (χ4n) is 11.1. The van der Waals surface area contributed by atoms with Gasteiger partial charge in [-0.15, -0.1) is 22.7 Å². The van der Waals surface area contributed by atoms with E-state index in [0.717, 1.165) is 100 Å². The number of thiophene rings is 2. The summed E-state index contributed by atoms with van der Waals surface area (Å²) in [5, 5.41) is 5.15. The summed E-state index contributed by atoms with van der Waals surface area (Å²) in [7, 11) is 0. The second kappa shape index (κ2) is 23.7. The molecule has 0 bridgehead atoms. The smallest absolute Gasteiger partial charge is 0.120 e. The molecular weight excluding hydrogens is 1010 g/mol. The molecule has 0 fully saturated rings. The molecular formula is C74H69N3OS2. The number of unbranched alkanes of at least 4 members (excludes halogenated alkanes) is 3. The van der Waals surface area contributed by atoms with E-state index in [1.54, 1.807) is 0 Å². The highest BCUT2D eigenvalue weighted by atomic mass is 32.1. The van der Waals surface area contributed by atoms with Crippen molar-refractivity contribution in [3.8, 4) is 16.9 Å². The quantitative estimate of drug-likeness (QED) is 0.0708. The lowest BCUT2D eigenvalue weighted by molar-refractivity contribution is 0.310. The number of rotatable bonds is 20. The monoisotopic (exact) mass is 1080 g/mol. The number of fused-ring (bicyclic) bond motifs is 6. The van der Waals surface area contributed by atoms with Gasteiger partial charge in [0.25, 0.3) is 0 Å². The second-order valence-electron chi connectivity index (χ2n) is 21.4. The van der Waals surface area contributed by atoms with E-state index in [2.05, 4.69) is 268 Å². The molecule has 0 atom stereocenters. The van der Waals surface area contributed by atoms with Crippen LogP contribution in [0.3, 0.4) is 0 Å². The van der Waals surface area contributed by atoms with Crippen LogP contribution in [0.2, 0.25) is 0 Å². The van der Waals surface area contributed by atoms with Gasteiger partial charge < -0.3 is 19.4 Å². The Balaban J connectivity index is 0.882. The van der Waals surface area contributed by atoms with Gasteiger partial charge in [0.05, 0.1) is 6.61 Å². The number of anilines is 9. The van der Waals surface area contributed by atoms with Crippen molar-refractivity contribution in [3.63, 3.8) is 0 Å². The number of ether oxygens (including phenoxy) is 1. The van der Waals surface area contributed by atoms with E-state index < -0.39 is 0 Å². The predicted molar refractivity (Wildman–Crippen MR) is 349 cm³/mol. The van der Waals surface area contributed by atoms with Crippen molar-refractivity contribution in [1.82, 2.24) is 0 Å². The molecule has 6 heteroatoms. The Bertz CT molecular complexity index is 4050. The van der Waals surface area contributed by atoms with Crippen molar-refractivity contribution in [2.45, 2.75) is 86.0 Å². The molecule has 0 N–H and O–H groups in total. The number of nitrogens with zero attached hydrogens (tertiary/aromatic N) is 3. The molecule has 4 nitrogen and oxygen atoms in total. The van der Waals surface area contributed by atoms with E-state index in [-0.39, 0.29) is 0 Å². The van der Waals surface area contributed by atoms with Gasteiger partial charge in [0.1, 0.15) is 5.75 Å². The van der Waals surface area contributed by atoms with Crippen LogP contribution in [0.25, 0.3) is 51.5 Å². The zero-order chi connectivity index (χ0) is 54.5. The lowest BCUT2D eigenvalue weighted by Crippen LogP contribution is -2.12. The Morgan fingerprint density at radius 1 is 0.312 bits per heavy atom. The molecule has 0 unspecified atom stereocenters. The Morgan fingerprint density at radius 3 is 1.16 bits per heavy atom. The largest absolute Gasteiger partial charge is 0.494 e. The maximum Gasteiger partial charge on any atom is 0.120 e. The molecule has 80 heavy (non-hydrogen) atoms. The summed E-state index contributed by atoms with van der Waals surface area (Å²) in [5.74, 6) is 0.940. The molecule has 0 radical (unpaired) electrons. The molecule has 0 aliphatic heterocycles. The van der Waals surface area contributed by atoms with Crippen LogP contribution in [0.1, 0.15) is 81.5 Å². The fourth-order valence-corrected chi connectivity index (χ4v) is 13.4. The standard InChI is InChI=1S/C74H69N3OS2/c1-6-9-12-53-18-29-59(30-19-53)75(57-25-14-51(4)15-26-57)62-35-37-63(38-36-62)77(64-39-43-68-67-42-20-54(13-10-7-2)47-72(67)80-73(68)48-64)61-33-23-56(24-34-61)55-21-31-60(32-22-55)76(58-27-16-52(5)17-28-58)65-40-44-69-70-50-66(78-46-11-8-3)41-45-71(70)79-74(69)49-65/h14-45,47-50H,6-13,46H2,1-5H3. The summed E-state index contributed by atoms with van der Waals surface area (Å²) in [4.78, 5) is 7.17. The predicted octanol–water partition coefficient (Wildman–Crippen LogP) is 23.0. The zero-order valence-corrected chi connectivity index (χ0v) is 48.3. The molecule has 398 valence electrons. The maximum absolute atomic E-state index is 6.13. The van der Waals surface area contributed by atoms with E-state index >= 15 is 0 Å². The van der Waals surface area contributed by atoms with Crippen molar-refractivity contribution < 1.29 is 4.74 Å². The minimum Gasteiger partial charge on any atom is -0.494 e. The first-order chi connectivity index (χ1) is 39.3. The van der Waals surface area contributed by atoms with Crippen LogP contribution in [-0.4, -0.2) is 6.61 Å². The summed E-state index contributed by atoms with van der Waals surface area (Å²) in [5.41, 5.74) is 17.7. The number of hydrogen-bond donors (Lipinski definition) is 0. The highest BCUT2D eigenvalue weighted by Crippen LogP contribution is 2.45. The third-order valence-corrected chi connectivity index (χ3v) is 17.8. The van der Waals surface area contributed by atoms with Crippen molar-refractivity contribution in [2.75, 3.05) is 21.3 Å². The van der Waals surface area contributed by atoms with Crippen LogP contribution in [0, 0.1) is 13.8 Å². The van der Waals surface area contributed by atoms with Gasteiger partial charge in [0.15, 0.2) is 0 Å². The molecule has 0 aliphatic rings. The van der Waals surface area contributed by atoms with Gasteiger partial charge in [-0.2, -0.15) is 0 Å². The van der Waals surface area contributed by atoms with Crippen LogP contribution < -0.4 is 19.4 Å². The van der Waals surface area contributed by atoms with Gasteiger partial charge in [-0.05, 0) is 202 Å². The molecule has 0 saturated carbocycles. The van der Waals surface area contributed by atoms with Gasteiger partial charge in [0, 0.05) is 91.5 Å². The number of aryl methyl sites for hydroxylation is 4. The number of benzene rings is 10. The molecule has 0 aliphatic carbocycles. The number of hydrogen-bond acceptors (Lipinski definition) is 6. The first-order valence-corrected chi connectivity index (χ1v) is 30.4. The second-order valence-corrected chi connectivity index (χ2v) is 23.6. The van der Waals surface area contributed by atoms with Crippen molar-refractivity contribution in [2.24, 2.45) is 0 Å². The summed E-state index contributed by atoms with van der Waals surface area (Å²) in [6, 6.07) is 81.7. The van der Waals surface area contributed by atoms with Gasteiger partial charge >= 0.3 is 0 Å². The van der Waals surface area contributed by atoms with Crippen molar-refractivity contribution >= 4 is 114 Å². The summed E-state index contributed by atoms with van der Waals surface area (Å²) >= 11 is 3.74. The first kappa shape index (κ1) is 52.5. The van der Waals surface area contributed by atoms with Gasteiger partial charge in [0.2, 0.25) is 0 Å². The van der Waals surface area contributed by atoms with Crippen molar-refractivity contribution in [1.29, 1.82) is 0 Å². The molecule has 10 aromatic carbocycles. The highest BCUT2D eigenvalue weighted by molar-refractivity contribution is 7.26. The first-order valence-electron chi connectivity index (χ1n) is 28.8. The Hall–Kier alpha value is -8.16. The minimum absolute atomic E-state index is 0.744. The molecule has 0 amide bonds. The van der Waals surface area contributed by atoms with E-state index in [9.17, 15) is 0 Å². The molecule has 0 spiro atoms. The molecule has 0 saturated heterocycles. The van der Waals surface area contributed by atoms with Gasteiger partial charge in [-0.3, -0.25) is 0 Å². The van der Waals surface area contributed by atoms with Crippen LogP contribution in [0.15, 0.2) is 218 Å². The summed E-state index contributed by atoms with van der Waals surface area (Å²) < 4.78 is 11.3. The third kappa shape index (κ3) is 11.1. The Labute approximate surface area is 480 Å². The Morgan fingerprint density at radius 2 is 0.675 bits per heavy atom. The summed E-state index contributed by atoms with van der Waals surface area (Å²) in [6.07, 6.45) is 9.19. The van der Waals surface area contributed by atoms with E-state index in [1.165, 1.54) is 88.3 Å². The molecule has 12 rings (SSSR count). The van der Waals surface area contributed by atoms with Gasteiger partial charge in [-0.25, -0.2) is 0 Å². The molecule has 12 aromatic rings. The van der Waals surface area contributed by atoms with Crippen LogP contribution in [0.5, 0.6) is 5.75 Å². The maximum atomic E-state index is 6.13. The molecule has 2 heterocycles. The minimum atomic E-state index is 0.744. The highest BCUT2D eigenvalue weighted by Gasteiger charge is 2.20. The van der Waals surface area contributed by atoms with Crippen LogP contribution in [-0.2, 0) is 12.8 Å². The third-order valence-electron chi connectivity index (χ3n) is 15.6. The van der Waals surface area contributed by atoms with Gasteiger partial charge in [-0.1, -0.05) is 136 Å². The van der Waals surface area contributed by atoms with Crippen molar-refractivity contribution in [3.05, 3.63) is 241 Å². The normalized spacial score (nSPS) is 11.5. The van der Waals surface area contributed by atoms with E-state index in [1.807, 2.05) is 22.7 Å².